The van der Waals surface area contributed by atoms with Gasteiger partial charge in [-0.1, -0.05) is 0 Å². The number of nitrogens with two attached hydrogens (primary N) is 2. The Hall–Kier alpha value is -2.08. The van der Waals surface area contributed by atoms with E-state index in [0.717, 1.165) is 19.3 Å². The molecule has 6 nitrogen and oxygen atoms in total. The summed E-state index contributed by atoms with van der Waals surface area (Å²) in [7, 11) is 0. The number of nitrogens with one attached hydrogen (secondary N) is 2. The summed E-state index contributed by atoms with van der Waals surface area (Å²) in [6, 6.07) is 6.33. The predicted molar refractivity (Wildman–Crippen MR) is 73.6 cm³/mol. The van der Waals surface area contributed by atoms with Gasteiger partial charge in [0.15, 0.2) is 0 Å². The maximum absolute atomic E-state index is 12.0. The largest absolute Gasteiger partial charge is 0.351 e. The molecule has 1 saturated carbocycles. The van der Waals surface area contributed by atoms with E-state index in [9.17, 15) is 9.59 Å². The van der Waals surface area contributed by atoms with Gasteiger partial charge >= 0.3 is 6.03 Å². The molecule has 2 unspecified atom stereocenters. The van der Waals surface area contributed by atoms with Crippen LogP contribution in [0.25, 0.3) is 0 Å². The zero-order valence-corrected chi connectivity index (χ0v) is 10.6. The van der Waals surface area contributed by atoms with E-state index in [1.165, 1.54) is 0 Å². The van der Waals surface area contributed by atoms with Crippen LogP contribution < -0.4 is 22.1 Å². The number of urea groups is 1. The molecule has 0 bridgehead atoms. The molecule has 1 aliphatic rings. The Bertz CT molecular complexity index is 472. The van der Waals surface area contributed by atoms with E-state index in [0.29, 0.717) is 11.4 Å². The minimum atomic E-state index is -0.614. The van der Waals surface area contributed by atoms with Crippen LogP contribution in [0, 0.1) is 5.92 Å². The molecule has 0 aliphatic heterocycles. The number of rotatable bonds is 3. The molecule has 0 heterocycles. The van der Waals surface area contributed by atoms with Gasteiger partial charge in [0, 0.05) is 23.3 Å². The summed E-state index contributed by atoms with van der Waals surface area (Å²) in [5.41, 5.74) is 12.1. The summed E-state index contributed by atoms with van der Waals surface area (Å²) in [5, 5.41) is 5.30. The molecule has 0 radical (unpaired) electrons. The monoisotopic (exact) mass is 262 g/mol. The number of primary amides is 1. The van der Waals surface area contributed by atoms with Crippen molar-refractivity contribution < 1.29 is 9.59 Å². The molecule has 102 valence electrons. The van der Waals surface area contributed by atoms with Gasteiger partial charge in [-0.25, -0.2) is 4.79 Å². The molecule has 19 heavy (non-hydrogen) atoms. The predicted octanol–water partition coefficient (Wildman–Crippen LogP) is 1.24. The van der Waals surface area contributed by atoms with Crippen LogP contribution in [0.3, 0.4) is 0 Å². The highest BCUT2D eigenvalue weighted by Crippen LogP contribution is 2.25. The third-order valence-corrected chi connectivity index (χ3v) is 3.26. The van der Waals surface area contributed by atoms with Gasteiger partial charge in [0.25, 0.3) is 0 Å². The van der Waals surface area contributed by atoms with Gasteiger partial charge in [0.2, 0.25) is 5.91 Å². The molecule has 2 atom stereocenters. The summed E-state index contributed by atoms with van der Waals surface area (Å²) in [6.07, 6.45) is 2.49. The van der Waals surface area contributed by atoms with Crippen molar-refractivity contribution >= 4 is 23.3 Å². The summed E-state index contributed by atoms with van der Waals surface area (Å²) in [4.78, 5) is 22.6. The van der Waals surface area contributed by atoms with E-state index in [1.807, 2.05) is 0 Å². The van der Waals surface area contributed by atoms with E-state index in [1.54, 1.807) is 24.3 Å². The van der Waals surface area contributed by atoms with E-state index in [2.05, 4.69) is 10.6 Å². The number of anilines is 2. The van der Waals surface area contributed by atoms with Crippen LogP contribution in [-0.4, -0.2) is 18.0 Å². The summed E-state index contributed by atoms with van der Waals surface area (Å²) in [6.45, 7) is 0. The van der Waals surface area contributed by atoms with Crippen molar-refractivity contribution in [3.63, 3.8) is 0 Å². The van der Waals surface area contributed by atoms with Crippen molar-refractivity contribution in [1.82, 2.24) is 0 Å². The SMILES string of the molecule is NC(=O)Nc1ccc(NC(=O)C2CCC(N)C2)cc1. The highest BCUT2D eigenvalue weighted by atomic mass is 16.2. The Labute approximate surface area is 111 Å². The van der Waals surface area contributed by atoms with Crippen molar-refractivity contribution in [2.24, 2.45) is 17.4 Å². The van der Waals surface area contributed by atoms with Crippen LogP contribution in [0.15, 0.2) is 24.3 Å². The Morgan fingerprint density at radius 3 is 2.11 bits per heavy atom. The van der Waals surface area contributed by atoms with Gasteiger partial charge in [-0.3, -0.25) is 4.79 Å². The van der Waals surface area contributed by atoms with Crippen LogP contribution in [-0.2, 0) is 4.79 Å². The number of carbonyl (C=O) groups is 2. The second-order valence-corrected chi connectivity index (χ2v) is 4.83. The Morgan fingerprint density at radius 1 is 1.05 bits per heavy atom. The van der Waals surface area contributed by atoms with Crippen LogP contribution >= 0.6 is 0 Å². The first-order chi connectivity index (χ1) is 9.04. The average Bonchev–Trinajstić information content (AvgIpc) is 2.78. The molecule has 0 spiro atoms. The standard InChI is InChI=1S/C13H18N4O2/c14-9-2-1-8(7-9)12(18)16-10-3-5-11(6-4-10)17-13(15)19/h3-6,8-9H,1-2,7,14H2,(H,16,18)(H3,15,17,19). The molecule has 1 aromatic carbocycles. The molecular formula is C13H18N4O2. The van der Waals surface area contributed by atoms with E-state index in [-0.39, 0.29) is 17.9 Å². The van der Waals surface area contributed by atoms with Crippen LogP contribution in [0.5, 0.6) is 0 Å². The number of hydrogen-bond donors (Lipinski definition) is 4. The lowest BCUT2D eigenvalue weighted by atomic mass is 10.1. The third-order valence-electron chi connectivity index (χ3n) is 3.26. The third kappa shape index (κ3) is 3.69. The highest BCUT2D eigenvalue weighted by molar-refractivity contribution is 5.93. The maximum atomic E-state index is 12.0. The van der Waals surface area contributed by atoms with Crippen LogP contribution in [0.1, 0.15) is 19.3 Å². The highest BCUT2D eigenvalue weighted by Gasteiger charge is 2.27. The number of benzene rings is 1. The second-order valence-electron chi connectivity index (χ2n) is 4.83. The van der Waals surface area contributed by atoms with Crippen LogP contribution in [0.2, 0.25) is 0 Å². The summed E-state index contributed by atoms with van der Waals surface area (Å²) in [5.74, 6) is 0.00183. The van der Waals surface area contributed by atoms with Gasteiger partial charge in [0.1, 0.15) is 0 Å². The smallest absolute Gasteiger partial charge is 0.316 e. The molecule has 1 aliphatic carbocycles. The minimum absolute atomic E-state index is 0.00146. The fraction of sp³-hybridized carbons (Fsp3) is 0.385. The number of carbonyl (C=O) groups excluding carboxylic acids is 2. The normalized spacial score (nSPS) is 21.9. The molecule has 0 saturated heterocycles. The topological polar surface area (TPSA) is 110 Å². The first-order valence-corrected chi connectivity index (χ1v) is 6.27. The lowest BCUT2D eigenvalue weighted by molar-refractivity contribution is -0.119. The van der Waals surface area contributed by atoms with Crippen LogP contribution in [0.4, 0.5) is 16.2 Å². The second kappa shape index (κ2) is 5.71. The van der Waals surface area contributed by atoms with Gasteiger partial charge < -0.3 is 22.1 Å². The Balaban J connectivity index is 1.92. The number of amides is 3. The van der Waals surface area contributed by atoms with Gasteiger partial charge in [0.05, 0.1) is 0 Å². The fourth-order valence-electron chi connectivity index (χ4n) is 2.28. The van der Waals surface area contributed by atoms with E-state index in [4.69, 9.17) is 11.5 Å². The molecule has 0 aromatic heterocycles. The maximum Gasteiger partial charge on any atom is 0.316 e. The fourth-order valence-corrected chi connectivity index (χ4v) is 2.28. The van der Waals surface area contributed by atoms with Crippen molar-refractivity contribution in [1.29, 1.82) is 0 Å². The lowest BCUT2D eigenvalue weighted by Gasteiger charge is -2.11. The zero-order valence-electron chi connectivity index (χ0n) is 10.6. The molecule has 1 fully saturated rings. The molecule has 1 aromatic rings. The van der Waals surface area contributed by atoms with Crippen molar-refractivity contribution in [3.8, 4) is 0 Å². The van der Waals surface area contributed by atoms with Crippen molar-refractivity contribution in [3.05, 3.63) is 24.3 Å². The van der Waals surface area contributed by atoms with E-state index < -0.39 is 6.03 Å². The summed E-state index contributed by atoms with van der Waals surface area (Å²) >= 11 is 0. The molecule has 2 rings (SSSR count). The Kier molecular flexibility index (Phi) is 4.01. The first-order valence-electron chi connectivity index (χ1n) is 6.27. The molecular weight excluding hydrogens is 244 g/mol. The molecule has 6 heteroatoms. The van der Waals surface area contributed by atoms with Crippen molar-refractivity contribution in [2.45, 2.75) is 25.3 Å². The van der Waals surface area contributed by atoms with Crippen molar-refractivity contribution in [2.75, 3.05) is 10.6 Å². The van der Waals surface area contributed by atoms with Gasteiger partial charge in [-0.15, -0.1) is 0 Å². The van der Waals surface area contributed by atoms with Gasteiger partial charge in [-0.2, -0.15) is 0 Å². The first kappa shape index (κ1) is 13.4. The summed E-state index contributed by atoms with van der Waals surface area (Å²) < 4.78 is 0. The quantitative estimate of drug-likeness (QED) is 0.657. The Morgan fingerprint density at radius 2 is 1.63 bits per heavy atom. The van der Waals surface area contributed by atoms with Gasteiger partial charge in [-0.05, 0) is 43.5 Å². The minimum Gasteiger partial charge on any atom is -0.351 e. The average molecular weight is 262 g/mol. The zero-order chi connectivity index (χ0) is 13.8. The molecule has 3 amide bonds. The molecule has 6 N–H and O–H groups in total. The lowest BCUT2D eigenvalue weighted by Crippen LogP contribution is -2.23. The van der Waals surface area contributed by atoms with E-state index >= 15 is 0 Å². The number of hydrogen-bond acceptors (Lipinski definition) is 3.